The Hall–Kier alpha value is -4.29. The van der Waals surface area contributed by atoms with Crippen LogP contribution in [0.1, 0.15) is 54.2 Å². The van der Waals surface area contributed by atoms with Crippen molar-refractivity contribution in [2.24, 2.45) is 5.92 Å². The Morgan fingerprint density at radius 3 is 2.38 bits per heavy atom. The number of aromatic amines is 1. The summed E-state index contributed by atoms with van der Waals surface area (Å²) in [6.07, 6.45) is -3.95. The van der Waals surface area contributed by atoms with Crippen LogP contribution in [0.2, 0.25) is 0 Å². The summed E-state index contributed by atoms with van der Waals surface area (Å²) in [5, 5.41) is 2.64. The molecule has 4 rings (SSSR count). The van der Waals surface area contributed by atoms with Crippen LogP contribution >= 0.6 is 0 Å². The van der Waals surface area contributed by atoms with Gasteiger partial charge in [-0.15, -0.1) is 0 Å². The summed E-state index contributed by atoms with van der Waals surface area (Å²) >= 11 is 0. The highest BCUT2D eigenvalue weighted by molar-refractivity contribution is 5.97. The van der Waals surface area contributed by atoms with Gasteiger partial charge >= 0.3 is 6.18 Å². The highest BCUT2D eigenvalue weighted by Gasteiger charge is 2.41. The SMILES string of the molecule is CC(C)[C@H](NC(=O)c1nc2ccccc2[nH]c1=O)C(=O)N1CCN(C(=O)c2ccc(C(F)(F)F)cn2)C(C)(C)C1. The number of rotatable bonds is 5. The molecule has 40 heavy (non-hydrogen) atoms. The van der Waals surface area contributed by atoms with Gasteiger partial charge in [0.05, 0.1) is 22.1 Å². The number of halogens is 3. The number of carbonyl (C=O) groups excluding carboxylic acids is 3. The molecule has 10 nitrogen and oxygen atoms in total. The maximum atomic E-state index is 13.6. The van der Waals surface area contributed by atoms with Crippen molar-refractivity contribution in [2.75, 3.05) is 19.6 Å². The number of H-pyrrole nitrogens is 1. The van der Waals surface area contributed by atoms with E-state index in [0.717, 1.165) is 12.1 Å². The topological polar surface area (TPSA) is 128 Å². The molecule has 0 spiro atoms. The zero-order valence-electron chi connectivity index (χ0n) is 22.4. The van der Waals surface area contributed by atoms with Gasteiger partial charge in [0.1, 0.15) is 11.7 Å². The van der Waals surface area contributed by atoms with E-state index in [-0.39, 0.29) is 36.9 Å². The van der Waals surface area contributed by atoms with Gasteiger partial charge in [0, 0.05) is 25.8 Å². The second kappa shape index (κ2) is 10.7. The molecule has 2 aromatic heterocycles. The van der Waals surface area contributed by atoms with E-state index in [1.807, 2.05) is 0 Å². The Bertz CT molecular complexity index is 1500. The number of fused-ring (bicyclic) bond motifs is 1. The number of alkyl halides is 3. The summed E-state index contributed by atoms with van der Waals surface area (Å²) in [7, 11) is 0. The van der Waals surface area contributed by atoms with Crippen LogP contribution < -0.4 is 10.9 Å². The lowest BCUT2D eigenvalue weighted by molar-refractivity contribution is -0.138. The minimum Gasteiger partial charge on any atom is -0.338 e. The predicted molar refractivity (Wildman–Crippen MR) is 139 cm³/mol. The Morgan fingerprint density at radius 1 is 1.07 bits per heavy atom. The van der Waals surface area contributed by atoms with Crippen LogP contribution in [0.15, 0.2) is 47.4 Å². The van der Waals surface area contributed by atoms with E-state index >= 15 is 0 Å². The first-order valence-electron chi connectivity index (χ1n) is 12.6. The Kier molecular flexibility index (Phi) is 7.68. The molecule has 212 valence electrons. The summed E-state index contributed by atoms with van der Waals surface area (Å²) in [5.41, 5.74) is -2.14. The van der Waals surface area contributed by atoms with Crippen molar-refractivity contribution in [3.05, 3.63) is 69.9 Å². The molecular weight excluding hydrogens is 529 g/mol. The second-order valence-electron chi connectivity index (χ2n) is 10.6. The molecule has 1 atom stereocenters. The molecule has 1 aliphatic rings. The van der Waals surface area contributed by atoms with E-state index in [2.05, 4.69) is 20.3 Å². The van der Waals surface area contributed by atoms with E-state index in [9.17, 15) is 32.3 Å². The van der Waals surface area contributed by atoms with E-state index in [4.69, 9.17) is 0 Å². The van der Waals surface area contributed by atoms with Crippen LogP contribution in [0.5, 0.6) is 0 Å². The highest BCUT2D eigenvalue weighted by Crippen LogP contribution is 2.29. The molecule has 1 aliphatic heterocycles. The minimum atomic E-state index is -4.57. The lowest BCUT2D eigenvalue weighted by atomic mass is 9.95. The van der Waals surface area contributed by atoms with Gasteiger partial charge in [-0.25, -0.2) is 4.98 Å². The highest BCUT2D eigenvalue weighted by atomic mass is 19.4. The number of benzene rings is 1. The van der Waals surface area contributed by atoms with E-state index < -0.39 is 46.6 Å². The molecular formula is C27H29F3N6O4. The molecule has 2 N–H and O–H groups in total. The molecule has 0 radical (unpaired) electrons. The molecule has 0 bridgehead atoms. The van der Waals surface area contributed by atoms with Crippen molar-refractivity contribution in [2.45, 2.75) is 45.5 Å². The fraction of sp³-hybridized carbons (Fsp3) is 0.407. The number of carbonyl (C=O) groups is 3. The molecule has 0 unspecified atom stereocenters. The summed E-state index contributed by atoms with van der Waals surface area (Å²) in [5.74, 6) is -2.08. The monoisotopic (exact) mass is 558 g/mol. The fourth-order valence-electron chi connectivity index (χ4n) is 4.65. The average molecular weight is 559 g/mol. The smallest absolute Gasteiger partial charge is 0.338 e. The number of amides is 3. The Morgan fingerprint density at radius 2 is 1.77 bits per heavy atom. The number of hydrogen-bond donors (Lipinski definition) is 2. The molecule has 3 aromatic rings. The number of piperazine rings is 1. The Labute approximate surface area is 227 Å². The van der Waals surface area contributed by atoms with Crippen LogP contribution in [0.4, 0.5) is 13.2 Å². The van der Waals surface area contributed by atoms with Crippen molar-refractivity contribution >= 4 is 28.8 Å². The van der Waals surface area contributed by atoms with E-state index in [1.54, 1.807) is 52.0 Å². The number of nitrogens with zero attached hydrogens (tertiary/aromatic N) is 4. The predicted octanol–water partition coefficient (Wildman–Crippen LogP) is 2.85. The molecule has 0 saturated carbocycles. The third kappa shape index (κ3) is 5.82. The van der Waals surface area contributed by atoms with Crippen molar-refractivity contribution in [3.63, 3.8) is 0 Å². The second-order valence-corrected chi connectivity index (χ2v) is 10.6. The van der Waals surface area contributed by atoms with E-state index in [0.29, 0.717) is 17.2 Å². The molecule has 0 aliphatic carbocycles. The van der Waals surface area contributed by atoms with Gasteiger partial charge in [0.15, 0.2) is 5.69 Å². The van der Waals surface area contributed by atoms with Crippen LogP contribution in [0, 0.1) is 5.92 Å². The maximum absolute atomic E-state index is 13.6. The number of hydrogen-bond acceptors (Lipinski definition) is 6. The summed E-state index contributed by atoms with van der Waals surface area (Å²) < 4.78 is 38.6. The third-order valence-electron chi connectivity index (χ3n) is 6.80. The normalized spacial score (nSPS) is 16.2. The number of para-hydroxylation sites is 2. The van der Waals surface area contributed by atoms with Crippen molar-refractivity contribution < 1.29 is 27.6 Å². The van der Waals surface area contributed by atoms with Gasteiger partial charge < -0.3 is 20.1 Å². The first-order chi connectivity index (χ1) is 18.7. The standard InChI is InChI=1S/C27H29F3N6O4/c1-15(2)20(34-23(38)21-22(37)33-18-8-6-5-7-17(18)32-21)25(40)35-11-12-36(26(3,4)14-35)24(39)19-10-9-16(13-31-19)27(28,29)30/h5-10,13,15,20H,11-12,14H2,1-4H3,(H,33,37)(H,34,38)/t20-/m0/s1. The van der Waals surface area contributed by atoms with Crippen molar-refractivity contribution in [1.29, 1.82) is 0 Å². The zero-order chi connectivity index (χ0) is 29.4. The minimum absolute atomic E-state index is 0.102. The summed E-state index contributed by atoms with van der Waals surface area (Å²) in [4.78, 5) is 65.6. The van der Waals surface area contributed by atoms with Crippen molar-refractivity contribution in [1.82, 2.24) is 30.1 Å². The van der Waals surface area contributed by atoms with E-state index in [1.165, 1.54) is 9.80 Å². The van der Waals surface area contributed by atoms with Crippen LogP contribution in [0.3, 0.4) is 0 Å². The average Bonchev–Trinajstić information content (AvgIpc) is 2.89. The Balaban J connectivity index is 1.48. The molecule has 3 heterocycles. The lowest BCUT2D eigenvalue weighted by Gasteiger charge is -2.47. The summed E-state index contributed by atoms with van der Waals surface area (Å²) in [6.45, 7) is 7.30. The van der Waals surface area contributed by atoms with Gasteiger partial charge in [-0.1, -0.05) is 26.0 Å². The molecule has 1 aromatic carbocycles. The summed E-state index contributed by atoms with van der Waals surface area (Å²) in [6, 6.07) is 7.61. The number of nitrogens with one attached hydrogen (secondary N) is 2. The first kappa shape index (κ1) is 28.7. The molecule has 1 saturated heterocycles. The first-order valence-corrected chi connectivity index (χ1v) is 12.6. The van der Waals surface area contributed by atoms with Crippen LogP contribution in [0.25, 0.3) is 11.0 Å². The van der Waals surface area contributed by atoms with Crippen LogP contribution in [-0.4, -0.2) is 73.7 Å². The molecule has 1 fully saturated rings. The lowest BCUT2D eigenvalue weighted by Crippen LogP contribution is -2.64. The van der Waals surface area contributed by atoms with Gasteiger partial charge in [-0.3, -0.25) is 24.2 Å². The van der Waals surface area contributed by atoms with Crippen LogP contribution in [-0.2, 0) is 11.0 Å². The molecule has 3 amide bonds. The third-order valence-corrected chi connectivity index (χ3v) is 6.80. The molecule has 13 heteroatoms. The van der Waals surface area contributed by atoms with Gasteiger partial charge in [0.25, 0.3) is 17.4 Å². The zero-order valence-corrected chi connectivity index (χ0v) is 22.4. The number of pyridine rings is 1. The quantitative estimate of drug-likeness (QED) is 0.496. The maximum Gasteiger partial charge on any atom is 0.417 e. The van der Waals surface area contributed by atoms with Gasteiger partial charge in [0.2, 0.25) is 5.91 Å². The largest absolute Gasteiger partial charge is 0.417 e. The van der Waals surface area contributed by atoms with Gasteiger partial charge in [-0.2, -0.15) is 13.2 Å². The van der Waals surface area contributed by atoms with Crippen molar-refractivity contribution in [3.8, 4) is 0 Å². The van der Waals surface area contributed by atoms with Gasteiger partial charge in [-0.05, 0) is 44.0 Å². The fourth-order valence-corrected chi connectivity index (χ4v) is 4.65. The number of aromatic nitrogens is 3.